The van der Waals surface area contributed by atoms with Crippen LogP contribution in [0.25, 0.3) is 0 Å². The predicted octanol–water partition coefficient (Wildman–Crippen LogP) is 0.592. The molecule has 1 aromatic rings. The summed E-state index contributed by atoms with van der Waals surface area (Å²) in [5.74, 6) is 0.662. The molecule has 0 amide bonds. The first kappa shape index (κ1) is 16.1. The summed E-state index contributed by atoms with van der Waals surface area (Å²) in [6, 6.07) is 4.52. The van der Waals surface area contributed by atoms with E-state index in [0.717, 1.165) is 13.0 Å². The SMILES string of the molecule is CCCNCC(O)CS(=O)(=O)c1ccc2c(c1)OCCO2. The first-order chi connectivity index (χ1) is 10.0. The van der Waals surface area contributed by atoms with Crippen LogP contribution >= 0.6 is 0 Å². The number of aliphatic hydroxyl groups is 1. The Kier molecular flexibility index (Phi) is 5.44. The normalized spacial score (nSPS) is 15.7. The predicted molar refractivity (Wildman–Crippen MR) is 78.7 cm³/mol. The third-order valence-electron chi connectivity index (χ3n) is 3.09. The van der Waals surface area contributed by atoms with E-state index in [1.165, 1.54) is 12.1 Å². The van der Waals surface area contributed by atoms with Gasteiger partial charge in [0.25, 0.3) is 0 Å². The van der Waals surface area contributed by atoms with Crippen LogP contribution in [-0.4, -0.2) is 51.7 Å². The molecule has 0 saturated carbocycles. The number of benzene rings is 1. The summed E-state index contributed by atoms with van der Waals surface area (Å²) in [4.78, 5) is 0.140. The minimum absolute atomic E-state index is 0.140. The fraction of sp³-hybridized carbons (Fsp3) is 0.571. The number of hydrogen-bond donors (Lipinski definition) is 2. The second-order valence-electron chi connectivity index (χ2n) is 4.94. The van der Waals surface area contributed by atoms with Gasteiger partial charge < -0.3 is 19.9 Å². The van der Waals surface area contributed by atoms with Gasteiger partial charge in [0.2, 0.25) is 0 Å². The van der Waals surface area contributed by atoms with E-state index in [0.29, 0.717) is 24.7 Å². The molecular formula is C14H21NO5S. The fourth-order valence-electron chi connectivity index (χ4n) is 2.07. The molecule has 7 heteroatoms. The van der Waals surface area contributed by atoms with E-state index in [-0.39, 0.29) is 17.2 Å². The van der Waals surface area contributed by atoms with Crippen molar-refractivity contribution in [2.75, 3.05) is 32.1 Å². The molecule has 0 spiro atoms. The molecule has 2 N–H and O–H groups in total. The standard InChI is InChI=1S/C14H21NO5S/c1-2-5-15-9-11(16)10-21(17,18)12-3-4-13-14(8-12)20-7-6-19-13/h3-4,8,11,15-16H,2,5-7,9-10H2,1H3. The van der Waals surface area contributed by atoms with Gasteiger partial charge in [-0.2, -0.15) is 0 Å². The Hall–Kier alpha value is -1.31. The van der Waals surface area contributed by atoms with Crippen molar-refractivity contribution in [3.05, 3.63) is 18.2 Å². The van der Waals surface area contributed by atoms with Gasteiger partial charge in [0.15, 0.2) is 21.3 Å². The van der Waals surface area contributed by atoms with Crippen molar-refractivity contribution in [2.45, 2.75) is 24.3 Å². The molecule has 0 aromatic heterocycles. The van der Waals surface area contributed by atoms with Gasteiger partial charge in [-0.1, -0.05) is 6.92 Å². The van der Waals surface area contributed by atoms with Crippen LogP contribution < -0.4 is 14.8 Å². The van der Waals surface area contributed by atoms with Gasteiger partial charge in [-0.3, -0.25) is 0 Å². The average molecular weight is 315 g/mol. The molecule has 1 aliphatic rings. The molecule has 1 aromatic carbocycles. The van der Waals surface area contributed by atoms with E-state index in [1.807, 2.05) is 6.92 Å². The Morgan fingerprint density at radius 1 is 1.29 bits per heavy atom. The summed E-state index contributed by atoms with van der Waals surface area (Å²) in [5.41, 5.74) is 0. The van der Waals surface area contributed by atoms with E-state index < -0.39 is 15.9 Å². The second-order valence-corrected chi connectivity index (χ2v) is 6.98. The van der Waals surface area contributed by atoms with Crippen molar-refractivity contribution in [2.24, 2.45) is 0 Å². The lowest BCUT2D eigenvalue weighted by atomic mass is 10.3. The number of aliphatic hydroxyl groups excluding tert-OH is 1. The molecule has 6 nitrogen and oxygen atoms in total. The minimum atomic E-state index is -3.56. The van der Waals surface area contributed by atoms with Gasteiger partial charge >= 0.3 is 0 Å². The first-order valence-electron chi connectivity index (χ1n) is 7.04. The van der Waals surface area contributed by atoms with Crippen LogP contribution in [0, 0.1) is 0 Å². The third-order valence-corrected chi connectivity index (χ3v) is 4.89. The van der Waals surface area contributed by atoms with Crippen molar-refractivity contribution in [1.29, 1.82) is 0 Å². The van der Waals surface area contributed by atoms with Crippen molar-refractivity contribution in [3.8, 4) is 11.5 Å². The topological polar surface area (TPSA) is 84.9 Å². The molecule has 2 rings (SSSR count). The molecule has 0 radical (unpaired) electrons. The Morgan fingerprint density at radius 2 is 2.00 bits per heavy atom. The van der Waals surface area contributed by atoms with Gasteiger partial charge in [-0.15, -0.1) is 0 Å². The lowest BCUT2D eigenvalue weighted by Gasteiger charge is -2.19. The van der Waals surface area contributed by atoms with Crippen molar-refractivity contribution in [1.82, 2.24) is 5.32 Å². The zero-order chi connectivity index (χ0) is 15.3. The monoisotopic (exact) mass is 315 g/mol. The van der Waals surface area contributed by atoms with Crippen molar-refractivity contribution in [3.63, 3.8) is 0 Å². The molecule has 0 aliphatic carbocycles. The average Bonchev–Trinajstić information content (AvgIpc) is 2.46. The zero-order valence-corrected chi connectivity index (χ0v) is 12.9. The second kappa shape index (κ2) is 7.11. The van der Waals surface area contributed by atoms with Gasteiger partial charge in [0.05, 0.1) is 16.8 Å². The summed E-state index contributed by atoms with van der Waals surface area (Å²) in [5, 5.41) is 12.8. The maximum atomic E-state index is 12.3. The zero-order valence-electron chi connectivity index (χ0n) is 12.0. The van der Waals surface area contributed by atoms with Crippen LogP contribution in [0.1, 0.15) is 13.3 Å². The van der Waals surface area contributed by atoms with Gasteiger partial charge in [0.1, 0.15) is 13.2 Å². The number of fused-ring (bicyclic) bond motifs is 1. The summed E-state index contributed by atoms with van der Waals surface area (Å²) in [6.07, 6.45) is -0.00324. The third kappa shape index (κ3) is 4.33. The fourth-order valence-corrected chi connectivity index (χ4v) is 3.45. The molecule has 0 saturated heterocycles. The Bertz CT molecular complexity index is 573. The van der Waals surface area contributed by atoms with E-state index in [9.17, 15) is 13.5 Å². The largest absolute Gasteiger partial charge is 0.486 e. The highest BCUT2D eigenvalue weighted by atomic mass is 32.2. The maximum absolute atomic E-state index is 12.3. The quantitative estimate of drug-likeness (QED) is 0.717. The number of rotatable bonds is 7. The molecule has 118 valence electrons. The summed E-state index contributed by atoms with van der Waals surface area (Å²) in [7, 11) is -3.56. The molecule has 1 atom stereocenters. The number of sulfone groups is 1. The molecule has 0 bridgehead atoms. The molecule has 1 aliphatic heterocycles. The highest BCUT2D eigenvalue weighted by Gasteiger charge is 2.22. The van der Waals surface area contributed by atoms with E-state index in [2.05, 4.69) is 5.32 Å². The van der Waals surface area contributed by atoms with Crippen LogP contribution in [0.2, 0.25) is 0 Å². The smallest absolute Gasteiger partial charge is 0.181 e. The van der Waals surface area contributed by atoms with Crippen LogP contribution in [0.5, 0.6) is 11.5 Å². The first-order valence-corrected chi connectivity index (χ1v) is 8.69. The minimum Gasteiger partial charge on any atom is -0.486 e. The van der Waals surface area contributed by atoms with Crippen molar-refractivity contribution >= 4 is 9.84 Å². The molecular weight excluding hydrogens is 294 g/mol. The van der Waals surface area contributed by atoms with Crippen molar-refractivity contribution < 1.29 is 23.0 Å². The lowest BCUT2D eigenvalue weighted by molar-refractivity contribution is 0.171. The molecule has 21 heavy (non-hydrogen) atoms. The highest BCUT2D eigenvalue weighted by molar-refractivity contribution is 7.91. The Morgan fingerprint density at radius 3 is 2.71 bits per heavy atom. The van der Waals surface area contributed by atoms with E-state index in [1.54, 1.807) is 6.07 Å². The van der Waals surface area contributed by atoms with Gasteiger partial charge in [0, 0.05) is 12.6 Å². The summed E-state index contributed by atoms with van der Waals surface area (Å²) < 4.78 is 35.3. The van der Waals surface area contributed by atoms with E-state index in [4.69, 9.17) is 9.47 Å². The number of ether oxygens (including phenoxy) is 2. The highest BCUT2D eigenvalue weighted by Crippen LogP contribution is 2.32. The van der Waals surface area contributed by atoms with Gasteiger partial charge in [-0.25, -0.2) is 8.42 Å². The summed E-state index contributed by atoms with van der Waals surface area (Å²) in [6.45, 7) is 3.88. The molecule has 1 unspecified atom stereocenters. The van der Waals surface area contributed by atoms with Crippen LogP contribution in [0.3, 0.4) is 0 Å². The molecule has 1 heterocycles. The lowest BCUT2D eigenvalue weighted by Crippen LogP contribution is -2.33. The maximum Gasteiger partial charge on any atom is 0.181 e. The van der Waals surface area contributed by atoms with E-state index >= 15 is 0 Å². The summed E-state index contributed by atoms with van der Waals surface area (Å²) >= 11 is 0. The van der Waals surface area contributed by atoms with Crippen LogP contribution in [0.4, 0.5) is 0 Å². The van der Waals surface area contributed by atoms with Crippen LogP contribution in [-0.2, 0) is 9.84 Å². The van der Waals surface area contributed by atoms with Crippen LogP contribution in [0.15, 0.2) is 23.1 Å². The Labute approximate surface area is 125 Å². The van der Waals surface area contributed by atoms with Gasteiger partial charge in [-0.05, 0) is 25.1 Å². The number of nitrogens with one attached hydrogen (secondary N) is 1. The number of hydrogen-bond acceptors (Lipinski definition) is 6. The molecule has 0 fully saturated rings. The Balaban J connectivity index is 2.05.